The smallest absolute Gasteiger partial charge is 0.116 e. The van der Waals surface area contributed by atoms with E-state index >= 15 is 0 Å². The van der Waals surface area contributed by atoms with E-state index in [0.717, 1.165) is 22.9 Å². The highest BCUT2D eigenvalue weighted by Crippen LogP contribution is 2.24. The van der Waals surface area contributed by atoms with Crippen LogP contribution in [-0.2, 0) is 6.42 Å². The SMILES string of the molecule is Cl.NCCc1cn(N)c2ccc(O)cc12. The Hall–Kier alpha value is -1.39. The number of halogens is 1. The van der Waals surface area contributed by atoms with E-state index in [0.29, 0.717) is 6.54 Å². The Balaban J connectivity index is 0.00000112. The maximum atomic E-state index is 9.35. The summed E-state index contributed by atoms with van der Waals surface area (Å²) in [5, 5.41) is 10.3. The van der Waals surface area contributed by atoms with Gasteiger partial charge in [0.05, 0.1) is 5.52 Å². The van der Waals surface area contributed by atoms with Crippen molar-refractivity contribution in [2.75, 3.05) is 12.4 Å². The van der Waals surface area contributed by atoms with Gasteiger partial charge in [-0.1, -0.05) is 0 Å². The van der Waals surface area contributed by atoms with Crippen LogP contribution in [0.15, 0.2) is 24.4 Å². The molecule has 0 unspecified atom stereocenters. The van der Waals surface area contributed by atoms with E-state index in [1.807, 2.05) is 6.20 Å². The summed E-state index contributed by atoms with van der Waals surface area (Å²) >= 11 is 0. The molecule has 1 aromatic carbocycles. The third-order valence-electron chi connectivity index (χ3n) is 2.31. The standard InChI is InChI=1S/C10H13N3O.ClH/c11-4-3-7-6-13(12)10-2-1-8(14)5-9(7)10;/h1-2,5-6,14H,3-4,11-12H2;1H. The quantitative estimate of drug-likeness (QED) is 0.670. The summed E-state index contributed by atoms with van der Waals surface area (Å²) in [7, 11) is 0. The largest absolute Gasteiger partial charge is 0.508 e. The van der Waals surface area contributed by atoms with Gasteiger partial charge in [0.15, 0.2) is 0 Å². The number of hydrogen-bond acceptors (Lipinski definition) is 3. The average molecular weight is 228 g/mol. The molecule has 82 valence electrons. The Morgan fingerprint density at radius 2 is 2.07 bits per heavy atom. The van der Waals surface area contributed by atoms with Crippen molar-refractivity contribution in [1.29, 1.82) is 0 Å². The molecule has 0 aliphatic carbocycles. The highest BCUT2D eigenvalue weighted by atomic mass is 35.5. The minimum absolute atomic E-state index is 0. The second kappa shape index (κ2) is 4.42. The van der Waals surface area contributed by atoms with Gasteiger partial charge in [0.2, 0.25) is 0 Å². The number of aromatic hydroxyl groups is 1. The first-order valence-electron chi connectivity index (χ1n) is 4.50. The minimum atomic E-state index is 0. The molecule has 0 radical (unpaired) electrons. The van der Waals surface area contributed by atoms with E-state index < -0.39 is 0 Å². The van der Waals surface area contributed by atoms with Gasteiger partial charge < -0.3 is 16.7 Å². The second-order valence-corrected chi connectivity index (χ2v) is 3.30. The third-order valence-corrected chi connectivity index (χ3v) is 2.31. The fourth-order valence-corrected chi connectivity index (χ4v) is 1.67. The van der Waals surface area contributed by atoms with Gasteiger partial charge in [-0.15, -0.1) is 12.4 Å². The van der Waals surface area contributed by atoms with Gasteiger partial charge >= 0.3 is 0 Å². The van der Waals surface area contributed by atoms with Crippen molar-refractivity contribution in [2.45, 2.75) is 6.42 Å². The van der Waals surface area contributed by atoms with E-state index in [1.54, 1.807) is 22.9 Å². The van der Waals surface area contributed by atoms with Crippen LogP contribution in [0.2, 0.25) is 0 Å². The zero-order chi connectivity index (χ0) is 10.1. The number of aromatic nitrogens is 1. The van der Waals surface area contributed by atoms with Gasteiger partial charge in [-0.3, -0.25) is 4.68 Å². The molecule has 0 spiro atoms. The van der Waals surface area contributed by atoms with Crippen LogP contribution in [0.1, 0.15) is 5.56 Å². The molecule has 0 saturated carbocycles. The molecule has 5 heteroatoms. The lowest BCUT2D eigenvalue weighted by atomic mass is 10.1. The summed E-state index contributed by atoms with van der Waals surface area (Å²) in [5.41, 5.74) is 7.47. The monoisotopic (exact) mass is 227 g/mol. The fourth-order valence-electron chi connectivity index (χ4n) is 1.67. The van der Waals surface area contributed by atoms with Crippen molar-refractivity contribution in [3.05, 3.63) is 30.0 Å². The summed E-state index contributed by atoms with van der Waals surface area (Å²) in [4.78, 5) is 0. The van der Waals surface area contributed by atoms with Crippen molar-refractivity contribution >= 4 is 23.3 Å². The minimum Gasteiger partial charge on any atom is -0.508 e. The van der Waals surface area contributed by atoms with E-state index in [-0.39, 0.29) is 18.2 Å². The predicted molar refractivity (Wildman–Crippen MR) is 63.8 cm³/mol. The molecular formula is C10H14ClN3O. The summed E-state index contributed by atoms with van der Waals surface area (Å²) in [5.74, 6) is 6.00. The molecule has 0 aliphatic rings. The molecule has 2 aromatic rings. The molecule has 0 bridgehead atoms. The highest BCUT2D eigenvalue weighted by molar-refractivity contribution is 5.85. The van der Waals surface area contributed by atoms with Crippen LogP contribution in [-0.4, -0.2) is 16.3 Å². The average Bonchev–Trinajstić information content (AvgIpc) is 2.44. The number of nitrogens with zero attached hydrogens (tertiary/aromatic N) is 1. The number of nitrogens with two attached hydrogens (primary N) is 2. The number of hydrogen-bond donors (Lipinski definition) is 3. The van der Waals surface area contributed by atoms with E-state index in [4.69, 9.17) is 11.6 Å². The summed E-state index contributed by atoms with van der Waals surface area (Å²) in [6, 6.07) is 5.13. The molecule has 4 nitrogen and oxygen atoms in total. The molecule has 0 fully saturated rings. The van der Waals surface area contributed by atoms with Gasteiger partial charge in [0.25, 0.3) is 0 Å². The van der Waals surface area contributed by atoms with Crippen LogP contribution in [0, 0.1) is 0 Å². The maximum Gasteiger partial charge on any atom is 0.116 e. The molecule has 0 saturated heterocycles. The zero-order valence-corrected chi connectivity index (χ0v) is 9.00. The van der Waals surface area contributed by atoms with E-state index in [2.05, 4.69) is 0 Å². The molecule has 2 rings (SSSR count). The maximum absolute atomic E-state index is 9.35. The normalized spacial score (nSPS) is 10.2. The van der Waals surface area contributed by atoms with Crippen LogP contribution < -0.4 is 11.6 Å². The van der Waals surface area contributed by atoms with Crippen LogP contribution in [0.3, 0.4) is 0 Å². The second-order valence-electron chi connectivity index (χ2n) is 3.30. The molecule has 0 amide bonds. The number of benzene rings is 1. The van der Waals surface area contributed by atoms with Crippen molar-refractivity contribution in [2.24, 2.45) is 5.73 Å². The zero-order valence-electron chi connectivity index (χ0n) is 8.18. The van der Waals surface area contributed by atoms with Gasteiger partial charge in [0, 0.05) is 11.6 Å². The Bertz CT molecular complexity index is 467. The molecule has 1 heterocycles. The first-order chi connectivity index (χ1) is 6.72. The molecule has 1 aromatic heterocycles. The lowest BCUT2D eigenvalue weighted by Gasteiger charge is -1.97. The van der Waals surface area contributed by atoms with Gasteiger partial charge in [-0.25, -0.2) is 0 Å². The van der Waals surface area contributed by atoms with E-state index in [1.165, 1.54) is 0 Å². The molecular weight excluding hydrogens is 214 g/mol. The number of fused-ring (bicyclic) bond motifs is 1. The first-order valence-corrected chi connectivity index (χ1v) is 4.50. The summed E-state index contributed by atoms with van der Waals surface area (Å²) in [6.07, 6.45) is 2.61. The van der Waals surface area contributed by atoms with Crippen LogP contribution in [0.4, 0.5) is 0 Å². The predicted octanol–water partition coefficient (Wildman–Crippen LogP) is 0.984. The topological polar surface area (TPSA) is 77.2 Å². The van der Waals surface area contributed by atoms with Gasteiger partial charge in [-0.05, 0) is 36.7 Å². The Labute approximate surface area is 93.9 Å². The third kappa shape index (κ3) is 2.00. The van der Waals surface area contributed by atoms with Crippen LogP contribution >= 0.6 is 12.4 Å². The molecule has 5 N–H and O–H groups in total. The summed E-state index contributed by atoms with van der Waals surface area (Å²) in [6.45, 7) is 0.578. The van der Waals surface area contributed by atoms with Crippen molar-refractivity contribution in [1.82, 2.24) is 4.68 Å². The molecule has 15 heavy (non-hydrogen) atoms. The van der Waals surface area contributed by atoms with Crippen molar-refractivity contribution in [3.8, 4) is 5.75 Å². The van der Waals surface area contributed by atoms with Crippen molar-refractivity contribution in [3.63, 3.8) is 0 Å². The van der Waals surface area contributed by atoms with Gasteiger partial charge in [0.1, 0.15) is 5.75 Å². The Kier molecular flexibility index (Phi) is 3.44. The number of nitrogen functional groups attached to an aromatic ring is 1. The van der Waals surface area contributed by atoms with Crippen molar-refractivity contribution < 1.29 is 5.11 Å². The number of phenols is 1. The molecule has 0 atom stereocenters. The van der Waals surface area contributed by atoms with Gasteiger partial charge in [-0.2, -0.15) is 0 Å². The lowest BCUT2D eigenvalue weighted by Crippen LogP contribution is -2.05. The first kappa shape index (κ1) is 11.7. The highest BCUT2D eigenvalue weighted by Gasteiger charge is 2.06. The Morgan fingerprint density at radius 1 is 1.33 bits per heavy atom. The number of rotatable bonds is 2. The fraction of sp³-hybridized carbons (Fsp3) is 0.200. The Morgan fingerprint density at radius 3 is 2.73 bits per heavy atom. The number of phenolic OH excluding ortho intramolecular Hbond substituents is 1. The lowest BCUT2D eigenvalue weighted by molar-refractivity contribution is 0.476. The van der Waals surface area contributed by atoms with Crippen LogP contribution in [0.25, 0.3) is 10.9 Å². The van der Waals surface area contributed by atoms with Crippen LogP contribution in [0.5, 0.6) is 5.75 Å². The van der Waals surface area contributed by atoms with E-state index in [9.17, 15) is 5.11 Å². The summed E-state index contributed by atoms with van der Waals surface area (Å²) < 4.78 is 1.56. The molecule has 0 aliphatic heterocycles.